The monoisotopic (exact) mass is 349 g/mol. The van der Waals surface area contributed by atoms with E-state index in [1.54, 1.807) is 17.8 Å². The normalized spacial score (nSPS) is 11.5. The van der Waals surface area contributed by atoms with Gasteiger partial charge in [0.25, 0.3) is 0 Å². The van der Waals surface area contributed by atoms with Crippen LogP contribution >= 0.6 is 11.3 Å². The first kappa shape index (κ1) is 15.7. The molecule has 0 aliphatic carbocycles. The van der Waals surface area contributed by atoms with Crippen molar-refractivity contribution in [2.24, 2.45) is 0 Å². The fourth-order valence-electron chi connectivity index (χ4n) is 1.88. The highest BCUT2D eigenvalue weighted by atomic mass is 32.2. The maximum Gasteiger partial charge on any atom is 0.240 e. The van der Waals surface area contributed by atoms with Crippen LogP contribution in [0.25, 0.3) is 10.6 Å². The fraction of sp³-hybridized carbons (Fsp3) is 0.0667. The molecule has 23 heavy (non-hydrogen) atoms. The standard InChI is InChI=1S/C15H12FN3O2S2/c16-12-1-3-14(4-2-12)23(20,21)18-9-13-10-22-15(19-13)11-5-7-17-8-6-11/h1-8,10,18H,9H2. The first-order chi connectivity index (χ1) is 11.0. The van der Waals surface area contributed by atoms with Crippen molar-refractivity contribution in [3.05, 3.63) is 65.7 Å². The lowest BCUT2D eigenvalue weighted by atomic mass is 10.3. The van der Waals surface area contributed by atoms with Crippen molar-refractivity contribution in [2.75, 3.05) is 0 Å². The quantitative estimate of drug-likeness (QED) is 0.769. The zero-order chi connectivity index (χ0) is 16.3. The fourth-order valence-corrected chi connectivity index (χ4v) is 3.71. The molecule has 0 fully saturated rings. The van der Waals surface area contributed by atoms with E-state index in [1.807, 2.05) is 12.1 Å². The molecule has 8 heteroatoms. The van der Waals surface area contributed by atoms with Gasteiger partial charge in [-0.3, -0.25) is 4.98 Å². The summed E-state index contributed by atoms with van der Waals surface area (Å²) < 4.78 is 39.6. The first-order valence-corrected chi connectivity index (χ1v) is 9.01. The lowest BCUT2D eigenvalue weighted by Gasteiger charge is -2.05. The Kier molecular flexibility index (Phi) is 4.46. The highest BCUT2D eigenvalue weighted by Crippen LogP contribution is 2.23. The summed E-state index contributed by atoms with van der Waals surface area (Å²) in [5.74, 6) is -0.481. The van der Waals surface area contributed by atoms with E-state index in [9.17, 15) is 12.8 Å². The number of nitrogens with one attached hydrogen (secondary N) is 1. The highest BCUT2D eigenvalue weighted by Gasteiger charge is 2.14. The smallest absolute Gasteiger partial charge is 0.240 e. The third kappa shape index (κ3) is 3.79. The lowest BCUT2D eigenvalue weighted by molar-refractivity contribution is 0.579. The maximum absolute atomic E-state index is 12.9. The average molecular weight is 349 g/mol. The Morgan fingerprint density at radius 2 is 1.78 bits per heavy atom. The van der Waals surface area contributed by atoms with Crippen LogP contribution in [-0.4, -0.2) is 18.4 Å². The SMILES string of the molecule is O=S(=O)(NCc1csc(-c2ccncc2)n1)c1ccc(F)cc1. The molecule has 118 valence electrons. The Hall–Kier alpha value is -2.16. The molecule has 1 aromatic carbocycles. The molecule has 0 amide bonds. The number of hydrogen-bond donors (Lipinski definition) is 1. The molecule has 0 aliphatic rings. The van der Waals surface area contributed by atoms with Crippen molar-refractivity contribution in [3.63, 3.8) is 0 Å². The highest BCUT2D eigenvalue weighted by molar-refractivity contribution is 7.89. The molecule has 3 rings (SSSR count). The number of thiazole rings is 1. The minimum atomic E-state index is -3.69. The number of nitrogens with zero attached hydrogens (tertiary/aromatic N) is 2. The molecule has 2 heterocycles. The molecule has 0 bridgehead atoms. The number of halogens is 1. The van der Waals surface area contributed by atoms with Gasteiger partial charge in [0.1, 0.15) is 10.8 Å². The molecule has 0 radical (unpaired) electrons. The second-order valence-electron chi connectivity index (χ2n) is 4.66. The Bertz CT molecular complexity index is 894. The minimum absolute atomic E-state index is 0.0171. The third-order valence-corrected chi connectivity index (χ3v) is 5.40. The lowest BCUT2D eigenvalue weighted by Crippen LogP contribution is -2.23. The van der Waals surface area contributed by atoms with E-state index in [2.05, 4.69) is 14.7 Å². The van der Waals surface area contributed by atoms with Crippen LogP contribution in [0.2, 0.25) is 0 Å². The molecule has 0 saturated heterocycles. The van der Waals surface area contributed by atoms with E-state index in [1.165, 1.54) is 23.5 Å². The molecule has 0 aliphatic heterocycles. The van der Waals surface area contributed by atoms with Crippen LogP contribution in [0.3, 0.4) is 0 Å². The predicted molar refractivity (Wildman–Crippen MR) is 85.8 cm³/mol. The van der Waals surface area contributed by atoms with Crippen LogP contribution in [-0.2, 0) is 16.6 Å². The van der Waals surface area contributed by atoms with Crippen LogP contribution in [0, 0.1) is 5.82 Å². The summed E-state index contributed by atoms with van der Waals surface area (Å²) in [7, 11) is -3.69. The largest absolute Gasteiger partial charge is 0.265 e. The van der Waals surface area contributed by atoms with Gasteiger partial charge >= 0.3 is 0 Å². The maximum atomic E-state index is 12.9. The van der Waals surface area contributed by atoms with Crippen LogP contribution in [0.4, 0.5) is 4.39 Å². The Labute approximate surface area is 136 Å². The summed E-state index contributed by atoms with van der Waals surface area (Å²) in [5.41, 5.74) is 1.55. The van der Waals surface area contributed by atoms with Crippen LogP contribution in [0.1, 0.15) is 5.69 Å². The van der Waals surface area contributed by atoms with Gasteiger partial charge in [-0.2, -0.15) is 0 Å². The van der Waals surface area contributed by atoms with Crippen molar-refractivity contribution in [1.29, 1.82) is 0 Å². The summed E-state index contributed by atoms with van der Waals surface area (Å²) in [5, 5.41) is 2.59. The van der Waals surface area contributed by atoms with E-state index in [4.69, 9.17) is 0 Å². The summed E-state index contributed by atoms with van der Waals surface area (Å²) in [4.78, 5) is 8.36. The molecule has 2 aromatic heterocycles. The summed E-state index contributed by atoms with van der Waals surface area (Å²) in [6.07, 6.45) is 3.35. The number of aromatic nitrogens is 2. The molecule has 1 N–H and O–H groups in total. The van der Waals surface area contributed by atoms with Crippen molar-refractivity contribution < 1.29 is 12.8 Å². The van der Waals surface area contributed by atoms with Crippen molar-refractivity contribution in [3.8, 4) is 10.6 Å². The van der Waals surface area contributed by atoms with E-state index in [0.717, 1.165) is 22.7 Å². The van der Waals surface area contributed by atoms with Gasteiger partial charge < -0.3 is 0 Å². The number of sulfonamides is 1. The molecule has 0 unspecified atom stereocenters. The van der Waals surface area contributed by atoms with Crippen LogP contribution in [0.15, 0.2) is 59.1 Å². The topological polar surface area (TPSA) is 72.0 Å². The third-order valence-electron chi connectivity index (χ3n) is 3.05. The van der Waals surface area contributed by atoms with Gasteiger partial charge in [0.2, 0.25) is 10.0 Å². The van der Waals surface area contributed by atoms with Crippen LogP contribution < -0.4 is 4.72 Å². The zero-order valence-corrected chi connectivity index (χ0v) is 13.4. The molecule has 5 nitrogen and oxygen atoms in total. The number of benzene rings is 1. The van der Waals surface area contributed by atoms with Gasteiger partial charge in [-0.05, 0) is 36.4 Å². The second-order valence-corrected chi connectivity index (χ2v) is 7.28. The van der Waals surface area contributed by atoms with Crippen LogP contribution in [0.5, 0.6) is 0 Å². The average Bonchev–Trinajstić information content (AvgIpc) is 3.03. The Morgan fingerprint density at radius 3 is 2.48 bits per heavy atom. The Morgan fingerprint density at radius 1 is 1.09 bits per heavy atom. The van der Waals surface area contributed by atoms with Gasteiger partial charge in [-0.25, -0.2) is 22.5 Å². The van der Waals surface area contributed by atoms with Crippen molar-refractivity contribution in [2.45, 2.75) is 11.4 Å². The van der Waals surface area contributed by atoms with Gasteiger partial charge in [-0.15, -0.1) is 11.3 Å². The summed E-state index contributed by atoms with van der Waals surface area (Å²) in [6.45, 7) is 0.0707. The zero-order valence-electron chi connectivity index (χ0n) is 11.8. The molecule has 0 spiro atoms. The summed E-state index contributed by atoms with van der Waals surface area (Å²) in [6, 6.07) is 8.34. The van der Waals surface area contributed by atoms with Crippen molar-refractivity contribution in [1.82, 2.24) is 14.7 Å². The summed E-state index contributed by atoms with van der Waals surface area (Å²) >= 11 is 1.43. The van der Waals surface area contributed by atoms with E-state index < -0.39 is 15.8 Å². The number of hydrogen-bond acceptors (Lipinski definition) is 5. The molecular formula is C15H12FN3O2S2. The first-order valence-electron chi connectivity index (χ1n) is 6.65. The van der Waals surface area contributed by atoms with Crippen molar-refractivity contribution >= 4 is 21.4 Å². The van der Waals surface area contributed by atoms with Gasteiger partial charge in [-0.1, -0.05) is 0 Å². The molecule has 3 aromatic rings. The molecule has 0 atom stereocenters. The van der Waals surface area contributed by atoms with Gasteiger partial charge in [0.15, 0.2) is 0 Å². The van der Waals surface area contributed by atoms with E-state index in [0.29, 0.717) is 5.69 Å². The number of rotatable bonds is 5. The molecule has 0 saturated carbocycles. The molecular weight excluding hydrogens is 337 g/mol. The van der Waals surface area contributed by atoms with Gasteiger partial charge in [0.05, 0.1) is 17.1 Å². The van der Waals surface area contributed by atoms with E-state index >= 15 is 0 Å². The Balaban J connectivity index is 1.71. The van der Waals surface area contributed by atoms with Gasteiger partial charge in [0, 0.05) is 23.3 Å². The number of pyridine rings is 1. The van der Waals surface area contributed by atoms with E-state index in [-0.39, 0.29) is 11.4 Å². The predicted octanol–water partition coefficient (Wildman–Crippen LogP) is 2.82. The second kappa shape index (κ2) is 6.53. The minimum Gasteiger partial charge on any atom is -0.265 e.